The third-order valence-electron chi connectivity index (χ3n) is 4.15. The van der Waals surface area contributed by atoms with Gasteiger partial charge in [0.05, 0.1) is 0 Å². The van der Waals surface area contributed by atoms with Gasteiger partial charge in [-0.15, -0.1) is 0 Å². The first-order valence-electron chi connectivity index (χ1n) is 7.41. The molecule has 0 bridgehead atoms. The van der Waals surface area contributed by atoms with Crippen molar-refractivity contribution in [3.05, 3.63) is 29.8 Å². The van der Waals surface area contributed by atoms with Crippen molar-refractivity contribution in [3.8, 4) is 5.75 Å². The van der Waals surface area contributed by atoms with Crippen LogP contribution in [0.2, 0.25) is 0 Å². The maximum atomic E-state index is 12.5. The summed E-state index contributed by atoms with van der Waals surface area (Å²) < 4.78 is 29.6. The summed E-state index contributed by atoms with van der Waals surface area (Å²) in [5.74, 6) is 0.971. The average Bonchev–Trinajstić information content (AvgIpc) is 2.46. The zero-order valence-electron chi connectivity index (χ0n) is 11.9. The summed E-state index contributed by atoms with van der Waals surface area (Å²) in [6.45, 7) is -2.77. The molecule has 1 aromatic carbocycles. The lowest BCUT2D eigenvalue weighted by Crippen LogP contribution is -2.22. The van der Waals surface area contributed by atoms with E-state index in [4.69, 9.17) is 0 Å². The Kier molecular flexibility index (Phi) is 5.77. The third-order valence-corrected chi connectivity index (χ3v) is 4.15. The highest BCUT2D eigenvalue weighted by atomic mass is 19.3. The first-order valence-corrected chi connectivity index (χ1v) is 7.41. The van der Waals surface area contributed by atoms with E-state index in [-0.39, 0.29) is 11.8 Å². The number of para-hydroxylation sites is 1. The van der Waals surface area contributed by atoms with Crippen molar-refractivity contribution in [1.82, 2.24) is 5.32 Å². The van der Waals surface area contributed by atoms with E-state index in [0.29, 0.717) is 5.92 Å². The van der Waals surface area contributed by atoms with E-state index in [1.807, 2.05) is 19.2 Å². The monoisotopic (exact) mass is 283 g/mol. The minimum Gasteiger partial charge on any atom is -0.434 e. The van der Waals surface area contributed by atoms with Crippen LogP contribution >= 0.6 is 0 Å². The van der Waals surface area contributed by atoms with Crippen LogP contribution < -0.4 is 10.1 Å². The van der Waals surface area contributed by atoms with Crippen LogP contribution in [0.25, 0.3) is 0 Å². The van der Waals surface area contributed by atoms with Gasteiger partial charge in [0.1, 0.15) is 5.75 Å². The Morgan fingerprint density at radius 2 is 1.90 bits per heavy atom. The predicted molar refractivity (Wildman–Crippen MR) is 76.1 cm³/mol. The van der Waals surface area contributed by atoms with Gasteiger partial charge in [-0.1, -0.05) is 50.3 Å². The summed E-state index contributed by atoms with van der Waals surface area (Å²) in [4.78, 5) is 0. The molecule has 1 saturated carbocycles. The Balaban J connectivity index is 2.09. The number of hydrogen-bond donors (Lipinski definition) is 1. The summed E-state index contributed by atoms with van der Waals surface area (Å²) in [5.41, 5.74) is 0.834. The Bertz CT molecular complexity index is 405. The molecule has 1 aliphatic rings. The largest absolute Gasteiger partial charge is 0.434 e. The summed E-state index contributed by atoms with van der Waals surface area (Å²) in [6, 6.07) is 7.18. The van der Waals surface area contributed by atoms with Gasteiger partial charge >= 0.3 is 6.61 Å². The second-order valence-corrected chi connectivity index (χ2v) is 5.50. The predicted octanol–water partition coefficient (Wildman–Crippen LogP) is 4.52. The molecule has 4 heteroatoms. The highest BCUT2D eigenvalue weighted by Gasteiger charge is 2.22. The van der Waals surface area contributed by atoms with E-state index in [1.54, 1.807) is 12.1 Å². The van der Waals surface area contributed by atoms with Gasteiger partial charge < -0.3 is 10.1 Å². The zero-order chi connectivity index (χ0) is 14.4. The molecule has 0 radical (unpaired) electrons. The van der Waals surface area contributed by atoms with Gasteiger partial charge in [0.2, 0.25) is 0 Å². The summed E-state index contributed by atoms with van der Waals surface area (Å²) in [6.07, 6.45) is 7.38. The first kappa shape index (κ1) is 15.2. The van der Waals surface area contributed by atoms with Crippen molar-refractivity contribution in [2.24, 2.45) is 5.92 Å². The Morgan fingerprint density at radius 1 is 1.20 bits per heavy atom. The standard InChI is InChI=1S/C16H23F2NO/c1-19-14(11-12-7-3-2-4-8-12)13-9-5-6-10-15(13)20-16(17)18/h5-6,9-10,12,14,16,19H,2-4,7-8,11H2,1H3. The van der Waals surface area contributed by atoms with E-state index < -0.39 is 6.61 Å². The third kappa shape index (κ3) is 4.17. The number of alkyl halides is 2. The molecule has 112 valence electrons. The number of benzene rings is 1. The highest BCUT2D eigenvalue weighted by molar-refractivity contribution is 5.36. The van der Waals surface area contributed by atoms with Crippen LogP contribution in [-0.4, -0.2) is 13.7 Å². The van der Waals surface area contributed by atoms with E-state index >= 15 is 0 Å². The van der Waals surface area contributed by atoms with Gasteiger partial charge in [0.25, 0.3) is 0 Å². The molecular weight excluding hydrogens is 260 g/mol. The minimum atomic E-state index is -2.77. The molecule has 20 heavy (non-hydrogen) atoms. The minimum absolute atomic E-state index is 0.0769. The van der Waals surface area contributed by atoms with Crippen LogP contribution in [0.4, 0.5) is 8.78 Å². The maximum absolute atomic E-state index is 12.5. The summed E-state index contributed by atoms with van der Waals surface area (Å²) in [7, 11) is 1.88. The van der Waals surface area contributed by atoms with E-state index in [1.165, 1.54) is 32.1 Å². The van der Waals surface area contributed by atoms with Crippen LogP contribution in [-0.2, 0) is 0 Å². The molecular formula is C16H23F2NO. The number of nitrogens with one attached hydrogen (secondary N) is 1. The highest BCUT2D eigenvalue weighted by Crippen LogP contribution is 2.35. The zero-order valence-corrected chi connectivity index (χ0v) is 11.9. The van der Waals surface area contributed by atoms with Crippen molar-refractivity contribution in [2.75, 3.05) is 7.05 Å². The fourth-order valence-corrected chi connectivity index (χ4v) is 3.13. The molecule has 1 aromatic rings. The average molecular weight is 283 g/mol. The van der Waals surface area contributed by atoms with Crippen LogP contribution in [0.5, 0.6) is 5.75 Å². The molecule has 1 atom stereocenters. The first-order chi connectivity index (χ1) is 9.70. The lowest BCUT2D eigenvalue weighted by Gasteiger charge is -2.27. The molecule has 1 fully saturated rings. The fourth-order valence-electron chi connectivity index (χ4n) is 3.13. The molecule has 1 N–H and O–H groups in total. The fraction of sp³-hybridized carbons (Fsp3) is 0.625. The topological polar surface area (TPSA) is 21.3 Å². The molecule has 1 unspecified atom stereocenters. The van der Waals surface area contributed by atoms with Crippen molar-refractivity contribution in [1.29, 1.82) is 0 Å². The van der Waals surface area contributed by atoms with Crippen molar-refractivity contribution in [3.63, 3.8) is 0 Å². The Hall–Kier alpha value is -1.16. The maximum Gasteiger partial charge on any atom is 0.387 e. The molecule has 0 amide bonds. The SMILES string of the molecule is CNC(CC1CCCCC1)c1ccccc1OC(F)F. The van der Waals surface area contributed by atoms with E-state index in [9.17, 15) is 8.78 Å². The Labute approximate surface area is 119 Å². The van der Waals surface area contributed by atoms with Gasteiger partial charge in [0.15, 0.2) is 0 Å². The second-order valence-electron chi connectivity index (χ2n) is 5.50. The molecule has 1 aliphatic carbocycles. The van der Waals surface area contributed by atoms with Crippen LogP contribution in [0, 0.1) is 5.92 Å². The van der Waals surface area contributed by atoms with Crippen molar-refractivity contribution >= 4 is 0 Å². The van der Waals surface area contributed by atoms with Gasteiger partial charge in [-0.05, 0) is 25.5 Å². The smallest absolute Gasteiger partial charge is 0.387 e. The molecule has 0 heterocycles. The number of ether oxygens (including phenoxy) is 1. The van der Waals surface area contributed by atoms with E-state index in [0.717, 1.165) is 12.0 Å². The normalized spacial score (nSPS) is 18.2. The number of halogens is 2. The molecule has 0 aromatic heterocycles. The Morgan fingerprint density at radius 3 is 2.55 bits per heavy atom. The van der Waals surface area contributed by atoms with Crippen LogP contribution in [0.3, 0.4) is 0 Å². The molecule has 0 spiro atoms. The quantitative estimate of drug-likeness (QED) is 0.829. The lowest BCUT2D eigenvalue weighted by molar-refractivity contribution is -0.0507. The summed E-state index contributed by atoms with van der Waals surface area (Å²) in [5, 5.41) is 3.25. The van der Waals surface area contributed by atoms with Gasteiger partial charge in [-0.25, -0.2) is 0 Å². The van der Waals surface area contributed by atoms with Gasteiger partial charge in [-0.2, -0.15) is 8.78 Å². The summed E-state index contributed by atoms with van der Waals surface area (Å²) >= 11 is 0. The van der Waals surface area contributed by atoms with Crippen molar-refractivity contribution < 1.29 is 13.5 Å². The van der Waals surface area contributed by atoms with Crippen molar-refractivity contribution in [2.45, 2.75) is 51.2 Å². The number of rotatable bonds is 6. The lowest BCUT2D eigenvalue weighted by atomic mass is 9.83. The number of hydrogen-bond acceptors (Lipinski definition) is 2. The molecule has 2 rings (SSSR count). The molecule has 2 nitrogen and oxygen atoms in total. The van der Waals surface area contributed by atoms with Crippen LogP contribution in [0.15, 0.2) is 24.3 Å². The van der Waals surface area contributed by atoms with Gasteiger partial charge in [0, 0.05) is 11.6 Å². The molecule has 0 saturated heterocycles. The molecule has 0 aliphatic heterocycles. The van der Waals surface area contributed by atoms with Crippen LogP contribution in [0.1, 0.15) is 50.1 Å². The second kappa shape index (κ2) is 7.58. The van der Waals surface area contributed by atoms with E-state index in [2.05, 4.69) is 10.1 Å². The van der Waals surface area contributed by atoms with Gasteiger partial charge in [-0.3, -0.25) is 0 Å².